The molecule has 6 nitrogen and oxygen atoms in total. The fraction of sp³-hybridized carbons (Fsp3) is 0.840. The number of unbranched alkanes of at least 4 members (excludes halogenated alkanes) is 15. The van der Waals surface area contributed by atoms with Crippen LogP contribution in [0.1, 0.15) is 123 Å². The molecule has 0 aromatic carbocycles. The van der Waals surface area contributed by atoms with Crippen molar-refractivity contribution in [3.8, 4) is 5.88 Å². The van der Waals surface area contributed by atoms with Gasteiger partial charge in [0, 0.05) is 12.6 Å². The van der Waals surface area contributed by atoms with E-state index < -0.39 is 0 Å². The molecule has 1 aromatic heterocycles. The average molecular weight is 437 g/mol. The Balaban J connectivity index is 2.06. The van der Waals surface area contributed by atoms with Crippen molar-refractivity contribution in [1.82, 2.24) is 9.71 Å². The zero-order valence-corrected chi connectivity index (χ0v) is 20.3. The lowest BCUT2D eigenvalue weighted by Gasteiger charge is -2.08. The van der Waals surface area contributed by atoms with Crippen molar-refractivity contribution in [2.24, 2.45) is 4.99 Å². The van der Waals surface area contributed by atoms with Gasteiger partial charge in [0.05, 0.1) is 6.61 Å². The molecule has 0 saturated carbocycles. The van der Waals surface area contributed by atoms with Gasteiger partial charge in [-0.3, -0.25) is 4.99 Å². The number of hydrogen-bond acceptors (Lipinski definition) is 5. The molecule has 0 aliphatic carbocycles. The van der Waals surface area contributed by atoms with Crippen LogP contribution < -0.4 is 16.0 Å². The van der Waals surface area contributed by atoms with E-state index in [1.54, 1.807) is 6.07 Å². The Morgan fingerprint density at radius 3 is 1.81 bits per heavy atom. The first-order valence-electron chi connectivity index (χ1n) is 12.9. The lowest BCUT2D eigenvalue weighted by molar-refractivity contribution is 0.171. The summed E-state index contributed by atoms with van der Waals surface area (Å²) in [5.74, 6) is 0.427. The highest BCUT2D eigenvalue weighted by Gasteiger charge is 2.04. The predicted octanol–water partition coefficient (Wildman–Crippen LogP) is 6.65. The molecule has 1 rings (SSSR count). The molecule has 0 radical (unpaired) electrons. The van der Waals surface area contributed by atoms with Crippen LogP contribution in [0.25, 0.3) is 0 Å². The van der Waals surface area contributed by atoms with Crippen LogP contribution in [-0.4, -0.2) is 28.1 Å². The summed E-state index contributed by atoms with van der Waals surface area (Å²) in [6.07, 6.45) is 22.2. The molecular formula is C25H48N4O2. The largest absolute Gasteiger partial charge is 0.477 e. The normalized spacial score (nSPS) is 11.9. The van der Waals surface area contributed by atoms with Crippen LogP contribution in [0.5, 0.6) is 5.88 Å². The van der Waals surface area contributed by atoms with Crippen molar-refractivity contribution in [1.29, 1.82) is 0 Å². The number of nitrogens with zero attached hydrogens (tertiary/aromatic N) is 3. The number of nitrogens with two attached hydrogens (primary N) is 1. The van der Waals surface area contributed by atoms with E-state index in [0.29, 0.717) is 24.5 Å². The molecule has 0 aliphatic rings. The predicted molar refractivity (Wildman–Crippen MR) is 130 cm³/mol. The van der Waals surface area contributed by atoms with Crippen LogP contribution in [-0.2, 0) is 0 Å². The molecule has 31 heavy (non-hydrogen) atoms. The number of hydrogen-bond donors (Lipinski definition) is 2. The Labute approximate surface area is 190 Å². The van der Waals surface area contributed by atoms with E-state index in [0.717, 1.165) is 24.0 Å². The monoisotopic (exact) mass is 436 g/mol. The second-order valence-electron chi connectivity index (χ2n) is 8.66. The first-order chi connectivity index (χ1) is 15.2. The Kier molecular flexibility index (Phi) is 16.7. The second kappa shape index (κ2) is 19.0. The SMILES string of the molecule is CCCCCCCCCCCCCCCCCN=c1cc(OCCCC)nc(N)n1O. The molecule has 180 valence electrons. The van der Waals surface area contributed by atoms with Crippen molar-refractivity contribution < 1.29 is 9.94 Å². The Hall–Kier alpha value is -1.72. The van der Waals surface area contributed by atoms with E-state index in [1.807, 2.05) is 0 Å². The van der Waals surface area contributed by atoms with Crippen molar-refractivity contribution in [3.63, 3.8) is 0 Å². The molecule has 0 spiro atoms. The van der Waals surface area contributed by atoms with E-state index in [1.165, 1.54) is 89.9 Å². The quantitative estimate of drug-likeness (QED) is 0.177. The summed E-state index contributed by atoms with van der Waals surface area (Å²) in [6.45, 7) is 5.66. The Bertz CT molecular complexity index is 616. The minimum absolute atomic E-state index is 0.00393. The summed E-state index contributed by atoms with van der Waals surface area (Å²) in [5.41, 5.74) is 6.16. The standard InChI is InChI=1S/C25H48N4O2/c1-3-5-7-8-9-10-11-12-13-14-15-16-17-18-19-20-27-23-22-24(31-21-6-4-2)28-25(26)29(23)30/h22,30H,3-21H2,1-2H3,(H2,26,28). The number of ether oxygens (including phenoxy) is 1. The zero-order chi connectivity index (χ0) is 22.6. The maximum atomic E-state index is 10.00. The third-order valence-electron chi connectivity index (χ3n) is 5.69. The summed E-state index contributed by atoms with van der Waals surface area (Å²) in [6, 6.07) is 1.65. The van der Waals surface area contributed by atoms with Gasteiger partial charge in [-0.15, -0.1) is 4.73 Å². The molecule has 0 saturated heterocycles. The molecule has 1 heterocycles. The Morgan fingerprint density at radius 1 is 0.806 bits per heavy atom. The van der Waals surface area contributed by atoms with Gasteiger partial charge in [0.15, 0.2) is 5.49 Å². The second-order valence-corrected chi connectivity index (χ2v) is 8.66. The minimum Gasteiger partial charge on any atom is -0.477 e. The molecule has 0 amide bonds. The highest BCUT2D eigenvalue weighted by atomic mass is 16.5. The molecule has 0 unspecified atom stereocenters. The highest BCUT2D eigenvalue weighted by Crippen LogP contribution is 2.13. The van der Waals surface area contributed by atoms with Crippen molar-refractivity contribution in [2.45, 2.75) is 123 Å². The summed E-state index contributed by atoms with van der Waals surface area (Å²) in [4.78, 5) is 8.51. The third-order valence-corrected chi connectivity index (χ3v) is 5.69. The first-order valence-corrected chi connectivity index (χ1v) is 12.9. The van der Waals surface area contributed by atoms with Crippen LogP contribution >= 0.6 is 0 Å². The fourth-order valence-corrected chi connectivity index (χ4v) is 3.67. The molecule has 0 fully saturated rings. The van der Waals surface area contributed by atoms with Gasteiger partial charge in [0.25, 0.3) is 0 Å². The van der Waals surface area contributed by atoms with Gasteiger partial charge in [-0.2, -0.15) is 4.98 Å². The number of aromatic nitrogens is 2. The van der Waals surface area contributed by atoms with Crippen LogP contribution in [0.4, 0.5) is 5.95 Å². The van der Waals surface area contributed by atoms with Crippen LogP contribution in [0.2, 0.25) is 0 Å². The summed E-state index contributed by atoms with van der Waals surface area (Å²) < 4.78 is 6.41. The number of nitrogen functional groups attached to an aromatic ring is 1. The van der Waals surface area contributed by atoms with Gasteiger partial charge in [-0.1, -0.05) is 110 Å². The van der Waals surface area contributed by atoms with Crippen molar-refractivity contribution in [3.05, 3.63) is 11.6 Å². The van der Waals surface area contributed by atoms with Crippen LogP contribution in [0.3, 0.4) is 0 Å². The Morgan fingerprint density at radius 2 is 1.29 bits per heavy atom. The van der Waals surface area contributed by atoms with E-state index in [4.69, 9.17) is 10.5 Å². The summed E-state index contributed by atoms with van der Waals surface area (Å²) >= 11 is 0. The van der Waals surface area contributed by atoms with Gasteiger partial charge in [0.1, 0.15) is 0 Å². The molecule has 6 heteroatoms. The maximum absolute atomic E-state index is 10.00. The lowest BCUT2D eigenvalue weighted by atomic mass is 10.0. The van der Waals surface area contributed by atoms with Crippen LogP contribution in [0, 0.1) is 0 Å². The number of anilines is 1. The molecule has 3 N–H and O–H groups in total. The van der Waals surface area contributed by atoms with Gasteiger partial charge < -0.3 is 15.7 Å². The van der Waals surface area contributed by atoms with Crippen LogP contribution in [0.15, 0.2) is 11.1 Å². The van der Waals surface area contributed by atoms with Crippen molar-refractivity contribution in [2.75, 3.05) is 18.9 Å². The molecule has 0 atom stereocenters. The fourth-order valence-electron chi connectivity index (χ4n) is 3.67. The summed E-state index contributed by atoms with van der Waals surface area (Å²) in [5, 5.41) is 10.00. The summed E-state index contributed by atoms with van der Waals surface area (Å²) in [7, 11) is 0. The van der Waals surface area contributed by atoms with Gasteiger partial charge in [-0.25, -0.2) is 0 Å². The minimum atomic E-state index is 0.00393. The number of rotatable bonds is 20. The smallest absolute Gasteiger partial charge is 0.239 e. The van der Waals surface area contributed by atoms with Gasteiger partial charge >= 0.3 is 0 Å². The van der Waals surface area contributed by atoms with Gasteiger partial charge in [0.2, 0.25) is 11.8 Å². The molecule has 0 aliphatic heterocycles. The average Bonchev–Trinajstić information content (AvgIpc) is 2.76. The van der Waals surface area contributed by atoms with E-state index in [9.17, 15) is 5.21 Å². The van der Waals surface area contributed by atoms with Gasteiger partial charge in [-0.05, 0) is 12.8 Å². The first kappa shape index (κ1) is 27.3. The molecule has 1 aromatic rings. The zero-order valence-electron chi connectivity index (χ0n) is 20.3. The highest BCUT2D eigenvalue weighted by molar-refractivity contribution is 5.21. The van der Waals surface area contributed by atoms with E-state index in [-0.39, 0.29) is 5.95 Å². The molecular weight excluding hydrogens is 388 g/mol. The lowest BCUT2D eigenvalue weighted by Crippen LogP contribution is -2.24. The van der Waals surface area contributed by atoms with E-state index >= 15 is 0 Å². The van der Waals surface area contributed by atoms with Crippen molar-refractivity contribution >= 4 is 5.95 Å². The third kappa shape index (κ3) is 14.1. The maximum Gasteiger partial charge on any atom is 0.239 e. The van der Waals surface area contributed by atoms with E-state index in [2.05, 4.69) is 23.8 Å². The molecule has 0 bridgehead atoms. The topological polar surface area (TPSA) is 85.7 Å².